The van der Waals surface area contributed by atoms with Crippen LogP contribution in [0.1, 0.15) is 19.8 Å². The molecule has 1 aromatic heterocycles. The quantitative estimate of drug-likeness (QED) is 0.752. The SMILES string of the molecule is CCN1CCN(C(=O)C2CCN(c3cnc(N4CCSCC4)nc3)CC2)CC1. The van der Waals surface area contributed by atoms with Crippen molar-refractivity contribution in [1.82, 2.24) is 19.8 Å². The first-order valence-electron chi connectivity index (χ1n) is 10.7. The van der Waals surface area contributed by atoms with Crippen LogP contribution in [-0.2, 0) is 4.79 Å². The zero-order chi connectivity index (χ0) is 19.3. The third kappa shape index (κ3) is 4.54. The Morgan fingerprint density at radius 2 is 1.61 bits per heavy atom. The summed E-state index contributed by atoms with van der Waals surface area (Å²) in [5.41, 5.74) is 1.08. The molecule has 3 aliphatic heterocycles. The fourth-order valence-electron chi connectivity index (χ4n) is 4.33. The van der Waals surface area contributed by atoms with Gasteiger partial charge in [-0.15, -0.1) is 0 Å². The zero-order valence-electron chi connectivity index (χ0n) is 16.9. The first-order chi connectivity index (χ1) is 13.7. The van der Waals surface area contributed by atoms with Gasteiger partial charge >= 0.3 is 0 Å². The average Bonchev–Trinajstić information content (AvgIpc) is 2.79. The van der Waals surface area contributed by atoms with Crippen molar-refractivity contribution < 1.29 is 4.79 Å². The molecule has 28 heavy (non-hydrogen) atoms. The number of carbonyl (C=O) groups is 1. The van der Waals surface area contributed by atoms with E-state index >= 15 is 0 Å². The van der Waals surface area contributed by atoms with Crippen LogP contribution in [0.4, 0.5) is 11.6 Å². The molecule has 4 rings (SSSR count). The van der Waals surface area contributed by atoms with E-state index in [1.54, 1.807) is 0 Å². The lowest BCUT2D eigenvalue weighted by Crippen LogP contribution is -2.51. The normalized spacial score (nSPS) is 22.5. The third-order valence-corrected chi connectivity index (χ3v) is 7.20. The van der Waals surface area contributed by atoms with Gasteiger partial charge in [0.05, 0.1) is 18.1 Å². The number of piperazine rings is 1. The van der Waals surface area contributed by atoms with Crippen LogP contribution in [0.2, 0.25) is 0 Å². The maximum absolute atomic E-state index is 12.9. The van der Waals surface area contributed by atoms with Gasteiger partial charge < -0.3 is 19.6 Å². The predicted molar refractivity (Wildman–Crippen MR) is 115 cm³/mol. The molecule has 0 aromatic carbocycles. The summed E-state index contributed by atoms with van der Waals surface area (Å²) < 4.78 is 0. The molecule has 3 fully saturated rings. The van der Waals surface area contributed by atoms with Gasteiger partial charge in [0.2, 0.25) is 11.9 Å². The van der Waals surface area contributed by atoms with Gasteiger partial charge in [0, 0.05) is 69.8 Å². The van der Waals surface area contributed by atoms with Gasteiger partial charge in [-0.05, 0) is 19.4 Å². The molecule has 1 amide bonds. The van der Waals surface area contributed by atoms with Gasteiger partial charge in [0.1, 0.15) is 0 Å². The Bertz CT molecular complexity index is 635. The summed E-state index contributed by atoms with van der Waals surface area (Å²) in [6, 6.07) is 0. The second-order valence-electron chi connectivity index (χ2n) is 7.86. The van der Waals surface area contributed by atoms with Crippen LogP contribution in [-0.4, -0.2) is 96.1 Å². The minimum Gasteiger partial charge on any atom is -0.369 e. The minimum atomic E-state index is 0.176. The Balaban J connectivity index is 1.27. The molecule has 3 aliphatic rings. The second kappa shape index (κ2) is 9.31. The van der Waals surface area contributed by atoms with Crippen molar-refractivity contribution in [3.8, 4) is 0 Å². The van der Waals surface area contributed by atoms with Gasteiger partial charge in [0.25, 0.3) is 0 Å². The maximum atomic E-state index is 12.9. The third-order valence-electron chi connectivity index (χ3n) is 6.26. The topological polar surface area (TPSA) is 55.8 Å². The second-order valence-corrected chi connectivity index (χ2v) is 9.09. The highest BCUT2D eigenvalue weighted by Gasteiger charge is 2.30. The summed E-state index contributed by atoms with van der Waals surface area (Å²) in [7, 11) is 0. The first-order valence-corrected chi connectivity index (χ1v) is 11.8. The Hall–Kier alpha value is -1.54. The molecule has 0 N–H and O–H groups in total. The Kier molecular flexibility index (Phi) is 6.57. The van der Waals surface area contributed by atoms with Crippen molar-refractivity contribution in [2.45, 2.75) is 19.8 Å². The van der Waals surface area contributed by atoms with E-state index in [1.165, 1.54) is 0 Å². The number of hydrogen-bond acceptors (Lipinski definition) is 7. The number of aromatic nitrogens is 2. The van der Waals surface area contributed by atoms with Crippen molar-refractivity contribution in [1.29, 1.82) is 0 Å². The lowest BCUT2D eigenvalue weighted by Gasteiger charge is -2.38. The van der Waals surface area contributed by atoms with Gasteiger partial charge in [-0.3, -0.25) is 4.79 Å². The van der Waals surface area contributed by atoms with Crippen molar-refractivity contribution in [2.75, 3.05) is 80.2 Å². The summed E-state index contributed by atoms with van der Waals surface area (Å²) in [4.78, 5) is 31.2. The number of hydrogen-bond donors (Lipinski definition) is 0. The zero-order valence-corrected chi connectivity index (χ0v) is 17.7. The van der Waals surface area contributed by atoms with Crippen molar-refractivity contribution >= 4 is 29.3 Å². The minimum absolute atomic E-state index is 0.176. The van der Waals surface area contributed by atoms with E-state index in [0.29, 0.717) is 5.91 Å². The molecule has 0 aliphatic carbocycles. The Morgan fingerprint density at radius 3 is 2.21 bits per heavy atom. The summed E-state index contributed by atoms with van der Waals surface area (Å²) in [6.07, 6.45) is 5.77. The van der Waals surface area contributed by atoms with Crippen molar-refractivity contribution in [3.63, 3.8) is 0 Å². The van der Waals surface area contributed by atoms with E-state index in [1.807, 2.05) is 24.2 Å². The monoisotopic (exact) mass is 404 g/mol. The van der Waals surface area contributed by atoms with Crippen LogP contribution >= 0.6 is 11.8 Å². The van der Waals surface area contributed by atoms with Crippen LogP contribution < -0.4 is 9.80 Å². The largest absolute Gasteiger partial charge is 0.369 e. The van der Waals surface area contributed by atoms with Crippen LogP contribution in [0.5, 0.6) is 0 Å². The molecule has 3 saturated heterocycles. The van der Waals surface area contributed by atoms with Crippen LogP contribution in [0.25, 0.3) is 0 Å². The molecule has 0 unspecified atom stereocenters. The van der Waals surface area contributed by atoms with E-state index in [0.717, 1.165) is 94.9 Å². The number of thioether (sulfide) groups is 1. The lowest BCUT2D eigenvalue weighted by atomic mass is 9.94. The average molecular weight is 405 g/mol. The van der Waals surface area contributed by atoms with Crippen LogP contribution in [0.15, 0.2) is 12.4 Å². The fraction of sp³-hybridized carbons (Fsp3) is 0.750. The highest BCUT2D eigenvalue weighted by molar-refractivity contribution is 7.99. The Labute approximate surface area is 172 Å². The van der Waals surface area contributed by atoms with E-state index in [4.69, 9.17) is 0 Å². The number of carbonyl (C=O) groups excluding carboxylic acids is 1. The molecule has 0 radical (unpaired) electrons. The van der Waals surface area contributed by atoms with E-state index in [9.17, 15) is 4.79 Å². The van der Waals surface area contributed by atoms with Crippen molar-refractivity contribution in [2.24, 2.45) is 5.92 Å². The fourth-order valence-corrected chi connectivity index (χ4v) is 5.23. The molecular formula is C20H32N6OS. The molecule has 154 valence electrons. The van der Waals surface area contributed by atoms with Crippen LogP contribution in [0.3, 0.4) is 0 Å². The highest BCUT2D eigenvalue weighted by Crippen LogP contribution is 2.25. The molecular weight excluding hydrogens is 372 g/mol. The molecule has 7 nitrogen and oxygen atoms in total. The van der Waals surface area contributed by atoms with Gasteiger partial charge in [-0.25, -0.2) is 9.97 Å². The number of rotatable bonds is 4. The molecule has 4 heterocycles. The molecule has 0 spiro atoms. The Morgan fingerprint density at radius 1 is 0.964 bits per heavy atom. The number of piperidine rings is 1. The standard InChI is InChI=1S/C20H32N6OS/c1-2-23-7-9-25(10-8-23)19(27)17-3-5-24(6-4-17)18-15-21-20(22-16-18)26-11-13-28-14-12-26/h15-17H,2-14H2,1H3. The molecule has 0 atom stereocenters. The number of anilines is 2. The molecule has 1 aromatic rings. The van der Waals surface area contributed by atoms with E-state index in [2.05, 4.69) is 36.5 Å². The molecule has 0 saturated carbocycles. The highest BCUT2D eigenvalue weighted by atomic mass is 32.2. The van der Waals surface area contributed by atoms with Crippen molar-refractivity contribution in [3.05, 3.63) is 12.4 Å². The van der Waals surface area contributed by atoms with E-state index in [-0.39, 0.29) is 5.92 Å². The molecule has 8 heteroatoms. The molecule has 0 bridgehead atoms. The van der Waals surface area contributed by atoms with Gasteiger partial charge in [-0.2, -0.15) is 11.8 Å². The van der Waals surface area contributed by atoms with E-state index < -0.39 is 0 Å². The smallest absolute Gasteiger partial charge is 0.225 e. The van der Waals surface area contributed by atoms with Gasteiger partial charge in [-0.1, -0.05) is 6.92 Å². The predicted octanol–water partition coefficient (Wildman–Crippen LogP) is 1.41. The summed E-state index contributed by atoms with van der Waals surface area (Å²) in [6.45, 7) is 11.0. The first kappa shape index (κ1) is 19.8. The summed E-state index contributed by atoms with van der Waals surface area (Å²) >= 11 is 1.99. The summed E-state index contributed by atoms with van der Waals surface area (Å²) in [5.74, 6) is 3.70. The lowest BCUT2D eigenvalue weighted by molar-refractivity contribution is -0.137. The van der Waals surface area contributed by atoms with Gasteiger partial charge in [0.15, 0.2) is 0 Å². The number of likely N-dealkylation sites (N-methyl/N-ethyl adjacent to an activating group) is 1. The number of nitrogens with zero attached hydrogens (tertiary/aromatic N) is 6. The maximum Gasteiger partial charge on any atom is 0.225 e. The summed E-state index contributed by atoms with van der Waals surface area (Å²) in [5, 5.41) is 0. The van der Waals surface area contributed by atoms with Crippen LogP contribution in [0, 0.1) is 5.92 Å². The number of amides is 1.